The molecule has 0 fully saturated rings. The molecule has 0 unspecified atom stereocenters. The summed E-state index contributed by atoms with van der Waals surface area (Å²) < 4.78 is 5.70. The molecule has 0 bridgehead atoms. The van der Waals surface area contributed by atoms with Gasteiger partial charge in [0.15, 0.2) is 5.78 Å². The van der Waals surface area contributed by atoms with E-state index >= 15 is 0 Å². The van der Waals surface area contributed by atoms with E-state index in [2.05, 4.69) is 12.1 Å². The highest BCUT2D eigenvalue weighted by molar-refractivity contribution is 6.13. The van der Waals surface area contributed by atoms with Gasteiger partial charge in [-0.3, -0.25) is 9.69 Å². The minimum atomic E-state index is -1.19. The fourth-order valence-corrected chi connectivity index (χ4v) is 4.56. The van der Waals surface area contributed by atoms with Crippen LogP contribution in [0.1, 0.15) is 44.2 Å². The second-order valence-corrected chi connectivity index (χ2v) is 7.63. The Kier molecular flexibility index (Phi) is 4.55. The lowest BCUT2D eigenvalue weighted by atomic mass is 9.95. The number of aromatic carboxylic acids is 1. The van der Waals surface area contributed by atoms with Gasteiger partial charge >= 0.3 is 12.1 Å². The maximum atomic E-state index is 13.0. The van der Waals surface area contributed by atoms with Crippen LogP contribution in [0.4, 0.5) is 10.5 Å². The summed E-state index contributed by atoms with van der Waals surface area (Å²) >= 11 is 0. The van der Waals surface area contributed by atoms with Gasteiger partial charge in [-0.15, -0.1) is 0 Å². The first-order valence-electron chi connectivity index (χ1n) is 10.1. The smallest absolute Gasteiger partial charge is 0.414 e. The normalized spacial score (nSPS) is 14.6. The lowest BCUT2D eigenvalue weighted by molar-refractivity contribution is 0.0691. The van der Waals surface area contributed by atoms with E-state index in [0.717, 1.165) is 22.3 Å². The highest BCUT2D eigenvalue weighted by atomic mass is 16.6. The van der Waals surface area contributed by atoms with Crippen LogP contribution in [0, 0.1) is 0 Å². The molecule has 0 radical (unpaired) electrons. The molecule has 6 nitrogen and oxygen atoms in total. The molecule has 0 saturated carbocycles. The summed E-state index contributed by atoms with van der Waals surface area (Å²) in [6.45, 7) is 0.316. The Balaban J connectivity index is 1.42. The summed E-state index contributed by atoms with van der Waals surface area (Å²) in [6.07, 6.45) is -0.528. The average molecular weight is 413 g/mol. The highest BCUT2D eigenvalue weighted by Crippen LogP contribution is 2.44. The van der Waals surface area contributed by atoms with E-state index in [1.807, 2.05) is 36.4 Å². The lowest BCUT2D eigenvalue weighted by Crippen LogP contribution is -2.39. The predicted octanol–water partition coefficient (Wildman–Crippen LogP) is 4.73. The third kappa shape index (κ3) is 3.08. The molecule has 0 saturated heterocycles. The number of hydrogen-bond acceptors (Lipinski definition) is 4. The average Bonchev–Trinajstić information content (AvgIpc) is 3.11. The summed E-state index contributed by atoms with van der Waals surface area (Å²) in [4.78, 5) is 38.3. The van der Waals surface area contributed by atoms with Gasteiger partial charge in [0.2, 0.25) is 0 Å². The van der Waals surface area contributed by atoms with Crippen molar-refractivity contribution in [2.75, 3.05) is 18.1 Å². The summed E-state index contributed by atoms with van der Waals surface area (Å²) in [7, 11) is 0. The van der Waals surface area contributed by atoms with Gasteiger partial charge in [-0.1, -0.05) is 54.6 Å². The molecule has 6 heteroatoms. The van der Waals surface area contributed by atoms with Crippen molar-refractivity contribution in [2.45, 2.75) is 12.3 Å². The Hall–Kier alpha value is -3.93. The molecular formula is C25H19NO5. The van der Waals surface area contributed by atoms with Crippen LogP contribution in [0.25, 0.3) is 11.1 Å². The molecule has 0 spiro atoms. The van der Waals surface area contributed by atoms with Gasteiger partial charge in [-0.2, -0.15) is 0 Å². The fourth-order valence-electron chi connectivity index (χ4n) is 4.56. The fraction of sp³-hybridized carbons (Fsp3) is 0.160. The zero-order chi connectivity index (χ0) is 21.5. The molecule has 2 aliphatic rings. The molecule has 1 amide bonds. The van der Waals surface area contributed by atoms with Crippen molar-refractivity contribution in [1.82, 2.24) is 0 Å². The van der Waals surface area contributed by atoms with Crippen molar-refractivity contribution in [3.05, 3.63) is 89.0 Å². The number of ketones is 1. The highest BCUT2D eigenvalue weighted by Gasteiger charge is 2.34. The van der Waals surface area contributed by atoms with Crippen LogP contribution >= 0.6 is 0 Å². The molecule has 1 N–H and O–H groups in total. The number of Topliss-reactive ketones (excluding diaryl/α,β-unsaturated/α-hetero) is 1. The van der Waals surface area contributed by atoms with Crippen molar-refractivity contribution in [2.24, 2.45) is 0 Å². The molecule has 0 aromatic heterocycles. The lowest BCUT2D eigenvalue weighted by Gasteiger charge is -2.29. The zero-order valence-corrected chi connectivity index (χ0v) is 16.6. The molecule has 1 aliphatic carbocycles. The molecule has 1 aliphatic heterocycles. The van der Waals surface area contributed by atoms with Gasteiger partial charge < -0.3 is 9.84 Å². The minimum absolute atomic E-state index is 0.0570. The first kappa shape index (κ1) is 19.1. The number of amides is 1. The van der Waals surface area contributed by atoms with Gasteiger partial charge in [-0.05, 0) is 34.4 Å². The van der Waals surface area contributed by atoms with Crippen molar-refractivity contribution in [1.29, 1.82) is 0 Å². The SMILES string of the molecule is O=C(O)c1cccc2c1C(=O)CCN2C(=O)OCC1c2ccccc2-c2ccccc21. The number of benzene rings is 3. The number of carboxylic acid groups (broad SMARTS) is 1. The van der Waals surface area contributed by atoms with Crippen molar-refractivity contribution in [3.8, 4) is 11.1 Å². The maximum absolute atomic E-state index is 13.0. The minimum Gasteiger partial charge on any atom is -0.478 e. The largest absolute Gasteiger partial charge is 0.478 e. The number of fused-ring (bicyclic) bond motifs is 4. The second-order valence-electron chi connectivity index (χ2n) is 7.63. The van der Waals surface area contributed by atoms with E-state index in [-0.39, 0.29) is 48.1 Å². The van der Waals surface area contributed by atoms with Gasteiger partial charge in [0.05, 0.1) is 16.8 Å². The van der Waals surface area contributed by atoms with Crippen LogP contribution in [-0.4, -0.2) is 36.1 Å². The quantitative estimate of drug-likeness (QED) is 0.671. The van der Waals surface area contributed by atoms with Crippen LogP contribution < -0.4 is 4.90 Å². The van der Waals surface area contributed by atoms with Gasteiger partial charge in [0.1, 0.15) is 6.61 Å². The van der Waals surface area contributed by atoms with E-state index in [1.165, 1.54) is 17.0 Å². The second kappa shape index (κ2) is 7.40. The van der Waals surface area contributed by atoms with Crippen LogP contribution in [0.3, 0.4) is 0 Å². The van der Waals surface area contributed by atoms with E-state index in [0.29, 0.717) is 0 Å². The predicted molar refractivity (Wildman–Crippen MR) is 115 cm³/mol. The molecule has 5 rings (SSSR count). The number of carbonyl (C=O) groups excluding carboxylic acids is 2. The number of ether oxygens (including phenoxy) is 1. The van der Waals surface area contributed by atoms with Gasteiger partial charge in [0.25, 0.3) is 0 Å². The molecule has 0 atom stereocenters. The Morgan fingerprint density at radius 2 is 1.58 bits per heavy atom. The van der Waals surface area contributed by atoms with E-state index in [1.54, 1.807) is 6.07 Å². The molecule has 1 heterocycles. The Bertz CT molecular complexity index is 1190. The van der Waals surface area contributed by atoms with E-state index < -0.39 is 12.1 Å². The molecular weight excluding hydrogens is 394 g/mol. The number of carbonyl (C=O) groups is 3. The van der Waals surface area contributed by atoms with E-state index in [9.17, 15) is 19.5 Å². The van der Waals surface area contributed by atoms with Crippen molar-refractivity contribution in [3.63, 3.8) is 0 Å². The van der Waals surface area contributed by atoms with Gasteiger partial charge in [-0.25, -0.2) is 9.59 Å². The first-order valence-corrected chi connectivity index (χ1v) is 10.1. The molecule has 3 aromatic carbocycles. The van der Waals surface area contributed by atoms with Crippen LogP contribution in [0.5, 0.6) is 0 Å². The topological polar surface area (TPSA) is 83.9 Å². The summed E-state index contributed by atoms with van der Waals surface area (Å²) in [6, 6.07) is 20.6. The summed E-state index contributed by atoms with van der Waals surface area (Å²) in [5, 5.41) is 9.43. The third-order valence-corrected chi connectivity index (χ3v) is 5.96. The summed E-state index contributed by atoms with van der Waals surface area (Å²) in [5.74, 6) is -1.55. The van der Waals surface area contributed by atoms with E-state index in [4.69, 9.17) is 4.74 Å². The Labute approximate surface area is 178 Å². The first-order chi connectivity index (χ1) is 15.1. The number of anilines is 1. The zero-order valence-electron chi connectivity index (χ0n) is 16.6. The Morgan fingerprint density at radius 1 is 0.935 bits per heavy atom. The monoisotopic (exact) mass is 413 g/mol. The maximum Gasteiger partial charge on any atom is 0.414 e. The third-order valence-electron chi connectivity index (χ3n) is 5.96. The molecule has 154 valence electrons. The van der Waals surface area contributed by atoms with Crippen LogP contribution in [-0.2, 0) is 4.74 Å². The molecule has 3 aromatic rings. The Morgan fingerprint density at radius 3 is 2.23 bits per heavy atom. The standard InChI is InChI=1S/C25H19NO5/c27-22-12-13-26(21-11-5-10-19(23(21)22)24(28)29)25(30)31-14-20-17-8-3-1-6-15(17)16-7-2-4-9-18(16)20/h1-11,20H,12-14H2,(H,28,29). The van der Waals surface area contributed by atoms with Crippen molar-refractivity contribution < 1.29 is 24.2 Å². The number of nitrogens with zero attached hydrogens (tertiary/aromatic N) is 1. The molecule has 31 heavy (non-hydrogen) atoms. The number of hydrogen-bond donors (Lipinski definition) is 1. The van der Waals surface area contributed by atoms with Crippen LogP contribution in [0.15, 0.2) is 66.7 Å². The number of rotatable bonds is 3. The van der Waals surface area contributed by atoms with Crippen LogP contribution in [0.2, 0.25) is 0 Å². The summed E-state index contributed by atoms with van der Waals surface area (Å²) in [5.41, 5.74) is 4.75. The van der Waals surface area contributed by atoms with Gasteiger partial charge in [0, 0.05) is 18.9 Å². The number of carboxylic acids is 1. The van der Waals surface area contributed by atoms with Crippen molar-refractivity contribution >= 4 is 23.5 Å².